The normalized spacial score (nSPS) is 10.2. The number of nitrogens with two attached hydrogens (primary N) is 3. The van der Waals surface area contributed by atoms with Crippen molar-refractivity contribution in [3.8, 4) is 0 Å². The Labute approximate surface area is 97.8 Å². The van der Waals surface area contributed by atoms with Gasteiger partial charge in [0, 0.05) is 0 Å². The van der Waals surface area contributed by atoms with Crippen molar-refractivity contribution < 1.29 is 4.39 Å². The summed E-state index contributed by atoms with van der Waals surface area (Å²) in [5.41, 5.74) is 18.6. The number of nitrogens with one attached hydrogen (secondary N) is 1. The number of aliphatic imine (C=N–C) groups is 1. The van der Waals surface area contributed by atoms with E-state index in [2.05, 4.69) is 15.5 Å². The molecular weight excluding hydrogens is 235 g/mol. The standard InChI is InChI=1S/C8H11FN6.ClH/c9-5-1-3-6(4-2-5)14-15-8(12)13-7(10)11;/h1-4,14H,(H6,10,11,12,13,15);1H. The van der Waals surface area contributed by atoms with Crippen LogP contribution in [0.1, 0.15) is 0 Å². The van der Waals surface area contributed by atoms with Gasteiger partial charge in [0.15, 0.2) is 5.96 Å². The van der Waals surface area contributed by atoms with Crippen LogP contribution in [0.2, 0.25) is 0 Å². The molecule has 88 valence electrons. The Bertz CT molecular complexity index is 384. The van der Waals surface area contributed by atoms with Gasteiger partial charge in [-0.25, -0.2) is 4.39 Å². The Hall–Kier alpha value is -2.02. The van der Waals surface area contributed by atoms with Crippen molar-refractivity contribution in [2.45, 2.75) is 0 Å². The van der Waals surface area contributed by atoms with Gasteiger partial charge in [0.25, 0.3) is 0 Å². The summed E-state index contributed by atoms with van der Waals surface area (Å²) < 4.78 is 12.5. The molecule has 8 heteroatoms. The number of hydrogen-bond acceptors (Lipinski definition) is 2. The summed E-state index contributed by atoms with van der Waals surface area (Å²) in [5.74, 6) is -0.627. The van der Waals surface area contributed by atoms with Crippen LogP contribution in [0.15, 0.2) is 34.4 Å². The van der Waals surface area contributed by atoms with E-state index in [9.17, 15) is 4.39 Å². The van der Waals surface area contributed by atoms with Gasteiger partial charge in [0.1, 0.15) is 5.82 Å². The number of nitrogens with zero attached hydrogens (tertiary/aromatic N) is 2. The molecule has 0 aliphatic rings. The number of hydrazone groups is 1. The zero-order chi connectivity index (χ0) is 11.3. The molecule has 1 aromatic carbocycles. The van der Waals surface area contributed by atoms with Crippen molar-refractivity contribution in [2.75, 3.05) is 5.43 Å². The Morgan fingerprint density at radius 1 is 1.12 bits per heavy atom. The van der Waals surface area contributed by atoms with Crippen LogP contribution in [-0.2, 0) is 0 Å². The third-order valence-electron chi connectivity index (χ3n) is 1.39. The molecule has 7 N–H and O–H groups in total. The second-order valence-corrected chi connectivity index (χ2v) is 2.63. The first-order chi connectivity index (χ1) is 7.08. The summed E-state index contributed by atoms with van der Waals surface area (Å²) in [6.45, 7) is 0. The van der Waals surface area contributed by atoms with Crippen molar-refractivity contribution in [3.05, 3.63) is 30.1 Å². The van der Waals surface area contributed by atoms with Crippen LogP contribution < -0.4 is 22.6 Å². The number of halogens is 2. The highest BCUT2D eigenvalue weighted by molar-refractivity contribution is 5.92. The number of rotatable bonds is 2. The maximum absolute atomic E-state index is 12.5. The van der Waals surface area contributed by atoms with E-state index < -0.39 is 0 Å². The van der Waals surface area contributed by atoms with Gasteiger partial charge in [0.05, 0.1) is 5.69 Å². The minimum Gasteiger partial charge on any atom is -0.370 e. The van der Waals surface area contributed by atoms with Gasteiger partial charge in [-0.05, 0) is 24.3 Å². The van der Waals surface area contributed by atoms with E-state index >= 15 is 0 Å². The Morgan fingerprint density at radius 2 is 1.69 bits per heavy atom. The lowest BCUT2D eigenvalue weighted by Gasteiger charge is -1.99. The van der Waals surface area contributed by atoms with Gasteiger partial charge in [-0.1, -0.05) is 0 Å². The van der Waals surface area contributed by atoms with Gasteiger partial charge in [-0.15, -0.1) is 17.5 Å². The monoisotopic (exact) mass is 246 g/mol. The summed E-state index contributed by atoms with van der Waals surface area (Å²) in [6, 6.07) is 5.58. The van der Waals surface area contributed by atoms with Gasteiger partial charge < -0.3 is 17.2 Å². The molecule has 1 rings (SSSR count). The molecule has 0 aliphatic carbocycles. The lowest BCUT2D eigenvalue weighted by molar-refractivity contribution is 0.628. The smallest absolute Gasteiger partial charge is 0.240 e. The van der Waals surface area contributed by atoms with E-state index in [0.717, 1.165) is 0 Å². The summed E-state index contributed by atoms with van der Waals surface area (Å²) >= 11 is 0. The van der Waals surface area contributed by atoms with Crippen LogP contribution in [0.5, 0.6) is 0 Å². The molecule has 0 saturated carbocycles. The van der Waals surface area contributed by atoms with Crippen molar-refractivity contribution in [2.24, 2.45) is 27.3 Å². The molecule has 0 radical (unpaired) electrons. The lowest BCUT2D eigenvalue weighted by atomic mass is 10.3. The van der Waals surface area contributed by atoms with Crippen LogP contribution >= 0.6 is 12.4 Å². The van der Waals surface area contributed by atoms with E-state index in [1.54, 1.807) is 0 Å². The average molecular weight is 247 g/mol. The Balaban J connectivity index is 0.00000225. The predicted octanol–water partition coefficient (Wildman–Crippen LogP) is 0.162. The molecule has 0 unspecified atom stereocenters. The zero-order valence-electron chi connectivity index (χ0n) is 8.22. The molecular formula is C8H12ClFN6. The van der Waals surface area contributed by atoms with Crippen molar-refractivity contribution >= 4 is 30.0 Å². The molecule has 0 amide bonds. The van der Waals surface area contributed by atoms with Crippen molar-refractivity contribution in [1.82, 2.24) is 0 Å². The van der Waals surface area contributed by atoms with E-state index in [0.29, 0.717) is 5.69 Å². The van der Waals surface area contributed by atoms with E-state index in [-0.39, 0.29) is 30.1 Å². The maximum Gasteiger partial charge on any atom is 0.240 e. The van der Waals surface area contributed by atoms with E-state index in [1.165, 1.54) is 24.3 Å². The fourth-order valence-corrected chi connectivity index (χ4v) is 0.804. The molecule has 0 bridgehead atoms. The SMILES string of the molecule is Cl.NC(N)=NC(N)=NNc1ccc(F)cc1. The van der Waals surface area contributed by atoms with Crippen LogP contribution in [0.4, 0.5) is 10.1 Å². The molecule has 0 aliphatic heterocycles. The number of hydrogen-bond donors (Lipinski definition) is 4. The summed E-state index contributed by atoms with van der Waals surface area (Å²) in [4.78, 5) is 3.47. The van der Waals surface area contributed by atoms with Crippen LogP contribution in [0.3, 0.4) is 0 Å². The largest absolute Gasteiger partial charge is 0.370 e. The quantitative estimate of drug-likeness (QED) is 0.338. The maximum atomic E-state index is 12.5. The van der Waals surface area contributed by atoms with E-state index in [4.69, 9.17) is 17.2 Å². The number of anilines is 1. The van der Waals surface area contributed by atoms with Crippen molar-refractivity contribution in [1.29, 1.82) is 0 Å². The molecule has 0 atom stereocenters. The summed E-state index contributed by atoms with van der Waals surface area (Å²) in [5, 5.41) is 3.64. The highest BCUT2D eigenvalue weighted by Crippen LogP contribution is 2.07. The van der Waals surface area contributed by atoms with Gasteiger partial charge >= 0.3 is 0 Å². The molecule has 0 fully saturated rings. The van der Waals surface area contributed by atoms with Crippen LogP contribution in [0, 0.1) is 5.82 Å². The van der Waals surface area contributed by atoms with Crippen LogP contribution in [0.25, 0.3) is 0 Å². The highest BCUT2D eigenvalue weighted by atomic mass is 35.5. The minimum absolute atomic E-state index is 0. The first-order valence-corrected chi connectivity index (χ1v) is 4.02. The molecule has 0 saturated heterocycles. The van der Waals surface area contributed by atoms with E-state index in [1.807, 2.05) is 0 Å². The second-order valence-electron chi connectivity index (χ2n) is 2.63. The Kier molecular flexibility index (Phi) is 5.65. The molecule has 0 aromatic heterocycles. The predicted molar refractivity (Wildman–Crippen MR) is 64.7 cm³/mol. The zero-order valence-corrected chi connectivity index (χ0v) is 9.04. The van der Waals surface area contributed by atoms with Crippen LogP contribution in [-0.4, -0.2) is 11.9 Å². The molecule has 16 heavy (non-hydrogen) atoms. The topological polar surface area (TPSA) is 115 Å². The number of guanidine groups is 2. The fourth-order valence-electron chi connectivity index (χ4n) is 0.804. The highest BCUT2D eigenvalue weighted by Gasteiger charge is 1.92. The van der Waals surface area contributed by atoms with Gasteiger partial charge in [-0.3, -0.25) is 5.43 Å². The Morgan fingerprint density at radius 3 is 2.19 bits per heavy atom. The van der Waals surface area contributed by atoms with Gasteiger partial charge in [0.2, 0.25) is 5.96 Å². The third-order valence-corrected chi connectivity index (χ3v) is 1.39. The van der Waals surface area contributed by atoms with Gasteiger partial charge in [-0.2, -0.15) is 4.99 Å². The first-order valence-electron chi connectivity index (χ1n) is 4.02. The first kappa shape index (κ1) is 14.0. The number of benzene rings is 1. The minimum atomic E-state index is -0.332. The third kappa shape index (κ3) is 5.01. The second kappa shape index (κ2) is 6.46. The molecule has 6 nitrogen and oxygen atoms in total. The summed E-state index contributed by atoms with van der Waals surface area (Å²) in [7, 11) is 0. The lowest BCUT2D eigenvalue weighted by Crippen LogP contribution is -2.26. The molecule has 0 heterocycles. The molecule has 0 spiro atoms. The molecule has 1 aromatic rings. The van der Waals surface area contributed by atoms with Crippen molar-refractivity contribution in [3.63, 3.8) is 0 Å². The summed E-state index contributed by atoms with van der Waals surface area (Å²) in [6.07, 6.45) is 0. The average Bonchev–Trinajstić information content (AvgIpc) is 2.16. The fraction of sp³-hybridized carbons (Fsp3) is 0.